The molecule has 0 aliphatic heterocycles. The minimum absolute atomic E-state index is 0.00805. The van der Waals surface area contributed by atoms with Crippen molar-refractivity contribution in [3.8, 4) is 0 Å². The number of anilines is 2. The predicted octanol–water partition coefficient (Wildman–Crippen LogP) is 3.03. The van der Waals surface area contributed by atoms with Crippen LogP contribution in [0.2, 0.25) is 0 Å². The normalized spacial score (nSPS) is 11.7. The average Bonchev–Trinajstić information content (AvgIpc) is 2.17. The van der Waals surface area contributed by atoms with Gasteiger partial charge in [-0.3, -0.25) is 0 Å². The van der Waals surface area contributed by atoms with Crippen LogP contribution in [0.4, 0.5) is 11.5 Å². The number of aromatic nitrogens is 1. The van der Waals surface area contributed by atoms with E-state index in [0.717, 1.165) is 22.3 Å². The molecule has 0 unspecified atom stereocenters. The SMILES string of the molecule is CC(C)(C)Nc1nccc2ccc(N)cc12. The van der Waals surface area contributed by atoms with Gasteiger partial charge in [0.05, 0.1) is 0 Å². The highest BCUT2D eigenvalue weighted by atomic mass is 15.0. The Kier molecular flexibility index (Phi) is 2.46. The van der Waals surface area contributed by atoms with Gasteiger partial charge in [0.1, 0.15) is 5.82 Å². The lowest BCUT2D eigenvalue weighted by atomic mass is 10.1. The van der Waals surface area contributed by atoms with E-state index in [1.165, 1.54) is 0 Å². The number of rotatable bonds is 1. The molecule has 0 bridgehead atoms. The Morgan fingerprint density at radius 3 is 2.62 bits per heavy atom. The maximum atomic E-state index is 5.80. The van der Waals surface area contributed by atoms with Crippen molar-refractivity contribution in [2.24, 2.45) is 0 Å². The fourth-order valence-corrected chi connectivity index (χ4v) is 1.64. The summed E-state index contributed by atoms with van der Waals surface area (Å²) in [6.45, 7) is 6.33. The van der Waals surface area contributed by atoms with Crippen molar-refractivity contribution in [1.82, 2.24) is 4.98 Å². The molecule has 0 radical (unpaired) electrons. The molecule has 0 aliphatic carbocycles. The van der Waals surface area contributed by atoms with Crippen LogP contribution in [0.1, 0.15) is 20.8 Å². The number of fused-ring (bicyclic) bond motifs is 1. The van der Waals surface area contributed by atoms with Gasteiger partial charge >= 0.3 is 0 Å². The maximum absolute atomic E-state index is 5.80. The Bertz CT molecular complexity index is 512. The lowest BCUT2D eigenvalue weighted by molar-refractivity contribution is 0.631. The molecule has 0 atom stereocenters. The van der Waals surface area contributed by atoms with Crippen LogP contribution in [0.25, 0.3) is 10.8 Å². The fraction of sp³-hybridized carbons (Fsp3) is 0.308. The molecule has 0 amide bonds. The van der Waals surface area contributed by atoms with E-state index < -0.39 is 0 Å². The van der Waals surface area contributed by atoms with E-state index in [2.05, 4.69) is 31.1 Å². The Hall–Kier alpha value is -1.77. The van der Waals surface area contributed by atoms with Gasteiger partial charge in [0, 0.05) is 22.8 Å². The highest BCUT2D eigenvalue weighted by Gasteiger charge is 2.12. The molecule has 2 rings (SSSR count). The summed E-state index contributed by atoms with van der Waals surface area (Å²) >= 11 is 0. The molecule has 16 heavy (non-hydrogen) atoms. The lowest BCUT2D eigenvalue weighted by Gasteiger charge is -2.22. The zero-order valence-electron chi connectivity index (χ0n) is 9.91. The third kappa shape index (κ3) is 2.24. The van der Waals surface area contributed by atoms with Crippen LogP contribution in [-0.4, -0.2) is 10.5 Å². The van der Waals surface area contributed by atoms with Gasteiger partial charge in [0.25, 0.3) is 0 Å². The molecule has 0 saturated heterocycles. The van der Waals surface area contributed by atoms with Gasteiger partial charge in [0.15, 0.2) is 0 Å². The first-order chi connectivity index (χ1) is 7.46. The fourth-order valence-electron chi connectivity index (χ4n) is 1.64. The molecule has 0 saturated carbocycles. The number of nitrogen functional groups attached to an aromatic ring is 1. The Morgan fingerprint density at radius 2 is 1.94 bits per heavy atom. The highest BCUT2D eigenvalue weighted by Crippen LogP contribution is 2.25. The summed E-state index contributed by atoms with van der Waals surface area (Å²) in [5.74, 6) is 0.886. The first kappa shape index (κ1) is 10.7. The molecule has 0 fully saturated rings. The van der Waals surface area contributed by atoms with E-state index in [-0.39, 0.29) is 5.54 Å². The summed E-state index contributed by atoms with van der Waals surface area (Å²) in [5.41, 5.74) is 6.55. The van der Waals surface area contributed by atoms with Crippen LogP contribution in [-0.2, 0) is 0 Å². The predicted molar refractivity (Wildman–Crippen MR) is 69.5 cm³/mol. The van der Waals surface area contributed by atoms with Crippen molar-refractivity contribution in [1.29, 1.82) is 0 Å². The second kappa shape index (κ2) is 3.67. The summed E-state index contributed by atoms with van der Waals surface area (Å²) in [7, 11) is 0. The van der Waals surface area contributed by atoms with Gasteiger partial charge in [-0.05, 0) is 44.4 Å². The third-order valence-electron chi connectivity index (χ3n) is 2.28. The quantitative estimate of drug-likeness (QED) is 0.719. The molecule has 0 aliphatic rings. The molecule has 0 spiro atoms. The maximum Gasteiger partial charge on any atom is 0.134 e. The first-order valence-corrected chi connectivity index (χ1v) is 5.38. The second-order valence-electron chi connectivity index (χ2n) is 5.02. The number of hydrogen-bond donors (Lipinski definition) is 2. The standard InChI is InChI=1S/C13H17N3/c1-13(2,3)16-12-11-8-10(14)5-4-9(11)6-7-15-12/h4-8H,14H2,1-3H3,(H,15,16). The van der Waals surface area contributed by atoms with Crippen LogP contribution in [0.15, 0.2) is 30.5 Å². The van der Waals surface area contributed by atoms with E-state index in [9.17, 15) is 0 Å². The van der Waals surface area contributed by atoms with Crippen molar-refractivity contribution < 1.29 is 0 Å². The smallest absolute Gasteiger partial charge is 0.134 e. The van der Waals surface area contributed by atoms with Crippen LogP contribution in [0.5, 0.6) is 0 Å². The van der Waals surface area contributed by atoms with Gasteiger partial charge in [-0.2, -0.15) is 0 Å². The summed E-state index contributed by atoms with van der Waals surface area (Å²) in [6.07, 6.45) is 1.81. The topological polar surface area (TPSA) is 50.9 Å². The van der Waals surface area contributed by atoms with Crippen molar-refractivity contribution in [2.75, 3.05) is 11.1 Å². The largest absolute Gasteiger partial charge is 0.399 e. The van der Waals surface area contributed by atoms with Crippen molar-refractivity contribution in [3.63, 3.8) is 0 Å². The minimum Gasteiger partial charge on any atom is -0.399 e. The third-order valence-corrected chi connectivity index (χ3v) is 2.28. The summed E-state index contributed by atoms with van der Waals surface area (Å²) in [6, 6.07) is 7.86. The number of pyridine rings is 1. The van der Waals surface area contributed by atoms with E-state index >= 15 is 0 Å². The van der Waals surface area contributed by atoms with Crippen LogP contribution < -0.4 is 11.1 Å². The summed E-state index contributed by atoms with van der Waals surface area (Å²) < 4.78 is 0. The Labute approximate surface area is 95.7 Å². The number of nitrogens with zero attached hydrogens (tertiary/aromatic N) is 1. The molecular formula is C13H17N3. The summed E-state index contributed by atoms with van der Waals surface area (Å²) in [5, 5.41) is 5.60. The molecule has 84 valence electrons. The summed E-state index contributed by atoms with van der Waals surface area (Å²) in [4.78, 5) is 4.37. The van der Waals surface area contributed by atoms with Crippen LogP contribution >= 0.6 is 0 Å². The number of nitrogens with one attached hydrogen (secondary N) is 1. The van der Waals surface area contributed by atoms with Crippen LogP contribution in [0, 0.1) is 0 Å². The zero-order valence-corrected chi connectivity index (χ0v) is 9.91. The molecule has 3 nitrogen and oxygen atoms in total. The van der Waals surface area contributed by atoms with E-state index in [1.54, 1.807) is 0 Å². The van der Waals surface area contributed by atoms with Crippen LogP contribution in [0.3, 0.4) is 0 Å². The van der Waals surface area contributed by atoms with Gasteiger partial charge < -0.3 is 11.1 Å². The molecular weight excluding hydrogens is 198 g/mol. The number of nitrogens with two attached hydrogens (primary N) is 1. The van der Waals surface area contributed by atoms with Crippen molar-refractivity contribution >= 4 is 22.3 Å². The van der Waals surface area contributed by atoms with Gasteiger partial charge in [-0.1, -0.05) is 6.07 Å². The van der Waals surface area contributed by atoms with Crippen molar-refractivity contribution in [2.45, 2.75) is 26.3 Å². The van der Waals surface area contributed by atoms with E-state index in [0.29, 0.717) is 0 Å². The highest BCUT2D eigenvalue weighted by molar-refractivity contribution is 5.93. The lowest BCUT2D eigenvalue weighted by Crippen LogP contribution is -2.26. The molecule has 1 aromatic carbocycles. The van der Waals surface area contributed by atoms with E-state index in [4.69, 9.17) is 5.73 Å². The molecule has 1 aromatic heterocycles. The molecule has 2 aromatic rings. The Morgan fingerprint density at radius 1 is 1.19 bits per heavy atom. The molecule has 3 N–H and O–H groups in total. The van der Waals surface area contributed by atoms with Gasteiger partial charge in [-0.15, -0.1) is 0 Å². The van der Waals surface area contributed by atoms with Crippen molar-refractivity contribution in [3.05, 3.63) is 30.5 Å². The second-order valence-corrected chi connectivity index (χ2v) is 5.02. The minimum atomic E-state index is -0.00805. The molecule has 3 heteroatoms. The number of benzene rings is 1. The average molecular weight is 215 g/mol. The number of hydrogen-bond acceptors (Lipinski definition) is 3. The Balaban J connectivity index is 2.56. The monoisotopic (exact) mass is 215 g/mol. The zero-order chi connectivity index (χ0) is 11.8. The molecule has 1 heterocycles. The first-order valence-electron chi connectivity index (χ1n) is 5.38. The van der Waals surface area contributed by atoms with E-state index in [1.807, 2.05) is 30.5 Å². The van der Waals surface area contributed by atoms with Gasteiger partial charge in [0.2, 0.25) is 0 Å². The van der Waals surface area contributed by atoms with Gasteiger partial charge in [-0.25, -0.2) is 4.98 Å².